The van der Waals surface area contributed by atoms with Gasteiger partial charge in [-0.1, -0.05) is 0 Å². The number of hydrogen-bond donors (Lipinski definition) is 0. The highest BCUT2D eigenvalue weighted by Gasteiger charge is 2.23. The molecule has 0 heterocycles. The van der Waals surface area contributed by atoms with Crippen molar-refractivity contribution in [2.45, 2.75) is 27.4 Å². The molecule has 0 saturated heterocycles. The molecular weight excluding hydrogens is 214 g/mol. The van der Waals surface area contributed by atoms with Crippen molar-refractivity contribution in [2.24, 2.45) is 5.41 Å². The maximum absolute atomic E-state index is 13.2. The largest absolute Gasteiger partial charge is 0.460 e. The minimum Gasteiger partial charge on any atom is -0.460 e. The third-order valence-corrected chi connectivity index (χ3v) is 1.99. The van der Waals surface area contributed by atoms with E-state index in [9.17, 15) is 13.6 Å². The number of halogens is 2. The van der Waals surface area contributed by atoms with Crippen LogP contribution in [0.5, 0.6) is 0 Å². The Balaban J connectivity index is 2.65. The lowest BCUT2D eigenvalue weighted by molar-refractivity contribution is -0.154. The number of ether oxygens (including phenoxy) is 1. The van der Waals surface area contributed by atoms with Gasteiger partial charge in [0.2, 0.25) is 0 Å². The van der Waals surface area contributed by atoms with E-state index in [0.29, 0.717) is 0 Å². The quantitative estimate of drug-likeness (QED) is 0.727. The predicted octanol–water partition coefficient (Wildman–Crippen LogP) is 3.05. The van der Waals surface area contributed by atoms with Crippen LogP contribution in [0.3, 0.4) is 0 Å². The molecule has 0 fully saturated rings. The van der Waals surface area contributed by atoms with Crippen LogP contribution in [0.25, 0.3) is 0 Å². The monoisotopic (exact) mass is 228 g/mol. The molecule has 1 aromatic rings. The van der Waals surface area contributed by atoms with Crippen molar-refractivity contribution >= 4 is 5.97 Å². The number of esters is 1. The number of carbonyl (C=O) groups excluding carboxylic acids is 1. The van der Waals surface area contributed by atoms with Crippen LogP contribution in [0.2, 0.25) is 0 Å². The summed E-state index contributed by atoms with van der Waals surface area (Å²) in [5.41, 5.74) is -0.463. The van der Waals surface area contributed by atoms with Gasteiger partial charge >= 0.3 is 5.97 Å². The highest BCUT2D eigenvalue weighted by molar-refractivity contribution is 5.75. The Morgan fingerprint density at radius 1 is 1.31 bits per heavy atom. The van der Waals surface area contributed by atoms with Gasteiger partial charge < -0.3 is 4.74 Å². The Labute approximate surface area is 93.2 Å². The van der Waals surface area contributed by atoms with Crippen molar-refractivity contribution in [1.82, 2.24) is 0 Å². The molecule has 0 bridgehead atoms. The zero-order chi connectivity index (χ0) is 12.3. The van der Waals surface area contributed by atoms with Crippen LogP contribution in [0.4, 0.5) is 8.78 Å². The Kier molecular flexibility index (Phi) is 3.62. The average Bonchev–Trinajstić information content (AvgIpc) is 2.14. The van der Waals surface area contributed by atoms with Gasteiger partial charge in [0.25, 0.3) is 0 Å². The maximum Gasteiger partial charge on any atom is 0.311 e. The molecule has 0 unspecified atom stereocenters. The van der Waals surface area contributed by atoms with Gasteiger partial charge in [-0.15, -0.1) is 0 Å². The zero-order valence-electron chi connectivity index (χ0n) is 9.51. The lowest BCUT2D eigenvalue weighted by Gasteiger charge is -2.16. The van der Waals surface area contributed by atoms with Crippen LogP contribution in [0.1, 0.15) is 26.3 Å². The maximum atomic E-state index is 13.2. The number of carbonyl (C=O) groups is 1. The molecule has 88 valence electrons. The predicted molar refractivity (Wildman–Crippen MR) is 55.6 cm³/mol. The molecule has 1 aromatic carbocycles. The van der Waals surface area contributed by atoms with E-state index in [2.05, 4.69) is 0 Å². The first kappa shape index (κ1) is 12.6. The van der Waals surface area contributed by atoms with E-state index in [4.69, 9.17) is 4.74 Å². The van der Waals surface area contributed by atoms with Crippen molar-refractivity contribution in [1.29, 1.82) is 0 Å². The Bertz CT molecular complexity index is 394. The van der Waals surface area contributed by atoms with E-state index in [1.165, 1.54) is 6.07 Å². The molecule has 4 heteroatoms. The van der Waals surface area contributed by atoms with Crippen LogP contribution in [-0.2, 0) is 16.1 Å². The van der Waals surface area contributed by atoms with Gasteiger partial charge in [0.1, 0.15) is 18.2 Å². The first-order chi connectivity index (χ1) is 7.30. The molecular formula is C12H14F2O2. The summed E-state index contributed by atoms with van der Waals surface area (Å²) in [7, 11) is 0. The molecule has 0 saturated carbocycles. The normalized spacial score (nSPS) is 11.3. The average molecular weight is 228 g/mol. The van der Waals surface area contributed by atoms with Gasteiger partial charge in [0, 0.05) is 11.6 Å². The van der Waals surface area contributed by atoms with Crippen LogP contribution in [-0.4, -0.2) is 5.97 Å². The van der Waals surface area contributed by atoms with E-state index >= 15 is 0 Å². The Morgan fingerprint density at radius 2 is 1.94 bits per heavy atom. The SMILES string of the molecule is CC(C)(C)C(=O)OCc1ccc(F)cc1F. The smallest absolute Gasteiger partial charge is 0.311 e. The van der Waals surface area contributed by atoms with Gasteiger partial charge in [-0.05, 0) is 32.9 Å². The summed E-state index contributed by atoms with van der Waals surface area (Å²) in [5, 5.41) is 0. The second kappa shape index (κ2) is 4.60. The number of rotatable bonds is 2. The lowest BCUT2D eigenvalue weighted by atomic mass is 9.97. The first-order valence-electron chi connectivity index (χ1n) is 4.92. The minimum absolute atomic E-state index is 0.166. The Hall–Kier alpha value is -1.45. The van der Waals surface area contributed by atoms with Crippen LogP contribution in [0, 0.1) is 17.0 Å². The zero-order valence-corrected chi connectivity index (χ0v) is 9.51. The fourth-order valence-corrected chi connectivity index (χ4v) is 0.999. The molecule has 0 aliphatic carbocycles. The van der Waals surface area contributed by atoms with E-state index in [-0.39, 0.29) is 12.2 Å². The van der Waals surface area contributed by atoms with Crippen LogP contribution >= 0.6 is 0 Å². The summed E-state index contributed by atoms with van der Waals surface area (Å²) in [5.74, 6) is -1.78. The summed E-state index contributed by atoms with van der Waals surface area (Å²) in [6, 6.07) is 3.16. The molecule has 0 aliphatic heterocycles. The molecule has 0 atom stereocenters. The summed E-state index contributed by atoms with van der Waals surface area (Å²) < 4.78 is 30.7. The minimum atomic E-state index is -0.707. The van der Waals surface area contributed by atoms with Gasteiger partial charge in [0.15, 0.2) is 0 Å². The third-order valence-electron chi connectivity index (χ3n) is 1.99. The molecule has 0 N–H and O–H groups in total. The van der Waals surface area contributed by atoms with Crippen LogP contribution in [0.15, 0.2) is 18.2 Å². The van der Waals surface area contributed by atoms with Gasteiger partial charge in [-0.2, -0.15) is 0 Å². The third kappa shape index (κ3) is 3.29. The summed E-state index contributed by atoms with van der Waals surface area (Å²) in [4.78, 5) is 11.4. The van der Waals surface area contributed by atoms with Crippen molar-refractivity contribution < 1.29 is 18.3 Å². The van der Waals surface area contributed by atoms with E-state index < -0.39 is 23.0 Å². The van der Waals surface area contributed by atoms with Crippen molar-refractivity contribution in [3.05, 3.63) is 35.4 Å². The lowest BCUT2D eigenvalue weighted by Crippen LogP contribution is -2.22. The summed E-state index contributed by atoms with van der Waals surface area (Å²) in [6.07, 6.45) is 0. The van der Waals surface area contributed by atoms with E-state index in [0.717, 1.165) is 12.1 Å². The van der Waals surface area contributed by atoms with Crippen LogP contribution < -0.4 is 0 Å². The summed E-state index contributed by atoms with van der Waals surface area (Å²) in [6.45, 7) is 4.94. The van der Waals surface area contributed by atoms with Crippen molar-refractivity contribution in [2.75, 3.05) is 0 Å². The van der Waals surface area contributed by atoms with Crippen molar-refractivity contribution in [3.8, 4) is 0 Å². The molecule has 16 heavy (non-hydrogen) atoms. The topological polar surface area (TPSA) is 26.3 Å². The molecule has 0 aromatic heterocycles. The second-order valence-corrected chi connectivity index (χ2v) is 4.56. The van der Waals surface area contributed by atoms with Gasteiger partial charge in [0.05, 0.1) is 5.41 Å². The molecule has 1 rings (SSSR count). The van der Waals surface area contributed by atoms with Crippen molar-refractivity contribution in [3.63, 3.8) is 0 Å². The molecule has 0 radical (unpaired) electrons. The Morgan fingerprint density at radius 3 is 2.44 bits per heavy atom. The fraction of sp³-hybridized carbons (Fsp3) is 0.417. The molecule has 0 spiro atoms. The summed E-state index contributed by atoms with van der Waals surface area (Å²) >= 11 is 0. The number of benzene rings is 1. The second-order valence-electron chi connectivity index (χ2n) is 4.56. The molecule has 2 nitrogen and oxygen atoms in total. The van der Waals surface area contributed by atoms with Gasteiger partial charge in [-0.3, -0.25) is 4.79 Å². The highest BCUT2D eigenvalue weighted by atomic mass is 19.1. The van der Waals surface area contributed by atoms with Gasteiger partial charge in [-0.25, -0.2) is 8.78 Å². The highest BCUT2D eigenvalue weighted by Crippen LogP contribution is 2.17. The fourth-order valence-electron chi connectivity index (χ4n) is 0.999. The standard InChI is InChI=1S/C12H14F2O2/c1-12(2,3)11(15)16-7-8-4-5-9(13)6-10(8)14/h4-6H,7H2,1-3H3. The number of hydrogen-bond acceptors (Lipinski definition) is 2. The molecule has 0 amide bonds. The molecule has 0 aliphatic rings. The first-order valence-corrected chi connectivity index (χ1v) is 4.92. The van der Waals surface area contributed by atoms with E-state index in [1.807, 2.05) is 0 Å². The van der Waals surface area contributed by atoms with E-state index in [1.54, 1.807) is 20.8 Å².